The van der Waals surface area contributed by atoms with Crippen LogP contribution in [0.5, 0.6) is 0 Å². The van der Waals surface area contributed by atoms with Gasteiger partial charge in [0.15, 0.2) is 5.82 Å². The smallest absolute Gasteiger partial charge is 0.346 e. The molecule has 7 nitrogen and oxygen atoms in total. The fourth-order valence-corrected chi connectivity index (χ4v) is 4.29. The number of aromatic nitrogens is 2. The summed E-state index contributed by atoms with van der Waals surface area (Å²) in [7, 11) is -3.84. The van der Waals surface area contributed by atoms with Gasteiger partial charge in [0.05, 0.1) is 0 Å². The van der Waals surface area contributed by atoms with Crippen molar-refractivity contribution in [2.45, 2.75) is 37.9 Å². The molecule has 2 rings (SSSR count). The van der Waals surface area contributed by atoms with E-state index in [9.17, 15) is 13.2 Å². The fraction of sp³-hybridized carbons (Fsp3) is 0.429. The minimum atomic E-state index is -3.84. The molecular weight excluding hydrogens is 338 g/mol. The molecular formula is C14H19N3O4S2. The molecule has 0 atom stereocenters. The zero-order valence-electron chi connectivity index (χ0n) is 13.1. The van der Waals surface area contributed by atoms with E-state index < -0.39 is 16.0 Å². The summed E-state index contributed by atoms with van der Waals surface area (Å²) in [6, 6.07) is 2.93. The molecule has 0 saturated carbocycles. The van der Waals surface area contributed by atoms with E-state index in [2.05, 4.69) is 23.7 Å². The van der Waals surface area contributed by atoms with Crippen molar-refractivity contribution in [3.8, 4) is 0 Å². The Morgan fingerprint density at radius 1 is 1.48 bits per heavy atom. The summed E-state index contributed by atoms with van der Waals surface area (Å²) in [5, 5.41) is 13.2. The molecule has 2 aromatic heterocycles. The summed E-state index contributed by atoms with van der Waals surface area (Å²) in [4.78, 5) is 11.1. The predicted molar refractivity (Wildman–Crippen MR) is 88.5 cm³/mol. The molecule has 126 valence electrons. The lowest BCUT2D eigenvalue weighted by Crippen LogP contribution is -2.12. The number of carboxylic acid groups (broad SMARTS) is 1. The van der Waals surface area contributed by atoms with E-state index in [0.29, 0.717) is 18.0 Å². The Balaban J connectivity index is 2.15. The van der Waals surface area contributed by atoms with Gasteiger partial charge in [-0.15, -0.1) is 11.3 Å². The summed E-state index contributed by atoms with van der Waals surface area (Å²) in [5.74, 6) is -0.383. The van der Waals surface area contributed by atoms with E-state index >= 15 is 0 Å². The van der Waals surface area contributed by atoms with Gasteiger partial charge in [-0.1, -0.05) is 13.8 Å². The molecule has 0 fully saturated rings. The highest BCUT2D eigenvalue weighted by molar-refractivity contribution is 7.94. The number of hydrogen-bond donors (Lipinski definition) is 2. The van der Waals surface area contributed by atoms with Gasteiger partial charge in [0.2, 0.25) is 0 Å². The van der Waals surface area contributed by atoms with Gasteiger partial charge in [0.1, 0.15) is 9.09 Å². The lowest BCUT2D eigenvalue weighted by Gasteiger charge is -2.05. The van der Waals surface area contributed by atoms with Crippen molar-refractivity contribution in [3.05, 3.63) is 28.8 Å². The average Bonchev–Trinajstić information content (AvgIpc) is 3.02. The number of nitrogens with zero attached hydrogens (tertiary/aromatic N) is 2. The van der Waals surface area contributed by atoms with Crippen molar-refractivity contribution < 1.29 is 18.3 Å². The van der Waals surface area contributed by atoms with Gasteiger partial charge in [-0.3, -0.25) is 9.40 Å². The zero-order valence-corrected chi connectivity index (χ0v) is 14.7. The number of nitrogens with one attached hydrogen (secondary N) is 1. The van der Waals surface area contributed by atoms with Crippen LogP contribution in [0, 0.1) is 12.8 Å². The van der Waals surface area contributed by atoms with Crippen molar-refractivity contribution in [2.24, 2.45) is 5.92 Å². The van der Waals surface area contributed by atoms with Crippen LogP contribution in [0.4, 0.5) is 5.82 Å². The first-order valence-electron chi connectivity index (χ1n) is 7.09. The van der Waals surface area contributed by atoms with E-state index in [4.69, 9.17) is 5.11 Å². The quantitative estimate of drug-likeness (QED) is 0.793. The number of aryl methyl sites for hydroxylation is 2. The molecule has 2 heterocycles. The monoisotopic (exact) mass is 357 g/mol. The normalized spacial score (nSPS) is 11.8. The first kappa shape index (κ1) is 17.5. The molecule has 0 aliphatic carbocycles. The molecule has 0 bridgehead atoms. The van der Waals surface area contributed by atoms with Crippen LogP contribution in [0.2, 0.25) is 0 Å². The number of carbonyl (C=O) groups is 1. The number of sulfonamides is 1. The Hall–Kier alpha value is -1.87. The van der Waals surface area contributed by atoms with E-state index in [1.165, 1.54) is 6.07 Å². The summed E-state index contributed by atoms with van der Waals surface area (Å²) in [5.41, 5.74) is 0.422. The molecule has 0 saturated heterocycles. The highest BCUT2D eigenvalue weighted by atomic mass is 32.2. The van der Waals surface area contributed by atoms with Crippen molar-refractivity contribution >= 4 is 33.1 Å². The number of anilines is 1. The minimum Gasteiger partial charge on any atom is -0.477 e. The first-order chi connectivity index (χ1) is 10.7. The van der Waals surface area contributed by atoms with Gasteiger partial charge >= 0.3 is 5.97 Å². The average molecular weight is 357 g/mol. The summed E-state index contributed by atoms with van der Waals surface area (Å²) in [6.07, 6.45) is 2.66. The number of thiophene rings is 1. The van der Waals surface area contributed by atoms with Gasteiger partial charge in [-0.05, 0) is 30.9 Å². The second-order valence-corrected chi connectivity index (χ2v) is 8.60. The Morgan fingerprint density at radius 2 is 2.17 bits per heavy atom. The van der Waals surface area contributed by atoms with Crippen LogP contribution in [-0.2, 0) is 16.6 Å². The largest absolute Gasteiger partial charge is 0.477 e. The topological polar surface area (TPSA) is 101 Å². The van der Waals surface area contributed by atoms with E-state index in [1.807, 2.05) is 0 Å². The SMILES string of the molecule is Cc1cc(S(=O)(=O)Nc2ccn(CCC(C)C)n2)sc1C(=O)O. The van der Waals surface area contributed by atoms with Gasteiger partial charge in [-0.2, -0.15) is 5.10 Å². The maximum absolute atomic E-state index is 12.3. The molecule has 0 amide bonds. The molecule has 0 aromatic carbocycles. The first-order valence-corrected chi connectivity index (χ1v) is 9.39. The third kappa shape index (κ3) is 4.32. The Kier molecular flexibility index (Phi) is 5.10. The molecule has 2 aromatic rings. The van der Waals surface area contributed by atoms with E-state index in [1.54, 1.807) is 23.9 Å². The van der Waals surface area contributed by atoms with Crippen LogP contribution < -0.4 is 4.72 Å². The van der Waals surface area contributed by atoms with Crippen LogP contribution >= 0.6 is 11.3 Å². The van der Waals surface area contributed by atoms with Gasteiger partial charge in [0.25, 0.3) is 10.0 Å². The molecule has 0 aliphatic heterocycles. The van der Waals surface area contributed by atoms with Crippen molar-refractivity contribution in [2.75, 3.05) is 4.72 Å². The highest BCUT2D eigenvalue weighted by Gasteiger charge is 2.22. The summed E-state index contributed by atoms with van der Waals surface area (Å²) in [6.45, 7) is 6.48. The second-order valence-electron chi connectivity index (χ2n) is 5.63. The van der Waals surface area contributed by atoms with E-state index in [-0.39, 0.29) is 14.9 Å². The van der Waals surface area contributed by atoms with Crippen molar-refractivity contribution in [1.29, 1.82) is 0 Å². The molecule has 0 spiro atoms. The Bertz CT molecular complexity index is 806. The number of carboxylic acids is 1. The van der Waals surface area contributed by atoms with Crippen LogP contribution in [0.25, 0.3) is 0 Å². The third-order valence-corrected chi connectivity index (χ3v) is 6.22. The molecule has 0 radical (unpaired) electrons. The molecule has 0 unspecified atom stereocenters. The molecule has 23 heavy (non-hydrogen) atoms. The standard InChI is InChI=1S/C14H19N3O4S2/c1-9(2)4-6-17-7-5-11(15-17)16-23(20,21)12-8-10(3)13(22-12)14(18)19/h5,7-9H,4,6H2,1-3H3,(H,15,16)(H,18,19). The second kappa shape index (κ2) is 6.71. The van der Waals surface area contributed by atoms with Gasteiger partial charge in [-0.25, -0.2) is 13.2 Å². The maximum atomic E-state index is 12.3. The van der Waals surface area contributed by atoms with Crippen molar-refractivity contribution in [3.63, 3.8) is 0 Å². The Labute approximate surface area is 139 Å². The van der Waals surface area contributed by atoms with Crippen LogP contribution in [0.15, 0.2) is 22.5 Å². The number of aromatic carboxylic acids is 1. The predicted octanol–water partition coefficient (Wildman–Crippen LogP) is 2.80. The van der Waals surface area contributed by atoms with Crippen LogP contribution in [-0.4, -0.2) is 29.3 Å². The molecule has 0 aliphatic rings. The molecule has 2 N–H and O–H groups in total. The van der Waals surface area contributed by atoms with Crippen LogP contribution in [0.3, 0.4) is 0 Å². The third-order valence-electron chi connectivity index (χ3n) is 3.17. The van der Waals surface area contributed by atoms with E-state index in [0.717, 1.165) is 17.8 Å². The number of rotatable bonds is 7. The lowest BCUT2D eigenvalue weighted by molar-refractivity contribution is 0.0701. The summed E-state index contributed by atoms with van der Waals surface area (Å²) < 4.78 is 28.7. The summed E-state index contributed by atoms with van der Waals surface area (Å²) >= 11 is 0.730. The fourth-order valence-electron chi connectivity index (χ4n) is 1.92. The molecule has 9 heteroatoms. The van der Waals surface area contributed by atoms with Gasteiger partial charge in [0, 0.05) is 18.8 Å². The number of hydrogen-bond acceptors (Lipinski definition) is 5. The highest BCUT2D eigenvalue weighted by Crippen LogP contribution is 2.27. The minimum absolute atomic E-state index is 0.0211. The zero-order chi connectivity index (χ0) is 17.2. The van der Waals surface area contributed by atoms with Gasteiger partial charge < -0.3 is 5.11 Å². The lowest BCUT2D eigenvalue weighted by atomic mass is 10.1. The Morgan fingerprint density at radius 3 is 2.74 bits per heavy atom. The maximum Gasteiger partial charge on any atom is 0.346 e. The van der Waals surface area contributed by atoms with Crippen molar-refractivity contribution in [1.82, 2.24) is 9.78 Å². The van der Waals surface area contributed by atoms with Crippen LogP contribution in [0.1, 0.15) is 35.5 Å².